The van der Waals surface area contributed by atoms with Crippen molar-refractivity contribution in [1.29, 1.82) is 0 Å². The fraction of sp³-hybridized carbons (Fsp3) is 0.133. The summed E-state index contributed by atoms with van der Waals surface area (Å²) in [6.45, 7) is 0. The zero-order valence-electron chi connectivity index (χ0n) is 11.1. The predicted octanol–water partition coefficient (Wildman–Crippen LogP) is 2.02. The minimum Gasteiger partial charge on any atom is -0.378 e. The number of hydrogen-bond acceptors (Lipinski definition) is 3. The van der Waals surface area contributed by atoms with Gasteiger partial charge in [0.2, 0.25) is 0 Å². The first kappa shape index (κ1) is 13.1. The SMILES string of the molecule is CN(C)c1cccc(-c2ccc(C(=O)NN)cc2)c1. The van der Waals surface area contributed by atoms with E-state index in [0.717, 1.165) is 16.8 Å². The van der Waals surface area contributed by atoms with Gasteiger partial charge in [-0.1, -0.05) is 24.3 Å². The Balaban J connectivity index is 2.32. The fourth-order valence-electron chi connectivity index (χ4n) is 1.86. The number of rotatable bonds is 3. The molecule has 2 rings (SSSR count). The Bertz CT molecular complexity index is 576. The molecule has 0 fully saturated rings. The monoisotopic (exact) mass is 255 g/mol. The van der Waals surface area contributed by atoms with Crippen molar-refractivity contribution in [2.24, 2.45) is 5.84 Å². The molecule has 0 saturated heterocycles. The second-order valence-corrected chi connectivity index (χ2v) is 4.50. The number of hydrazine groups is 1. The highest BCUT2D eigenvalue weighted by molar-refractivity contribution is 5.94. The molecule has 0 heterocycles. The first-order chi connectivity index (χ1) is 9.11. The van der Waals surface area contributed by atoms with Gasteiger partial charge in [0.25, 0.3) is 5.91 Å². The molecule has 1 amide bonds. The highest BCUT2D eigenvalue weighted by Gasteiger charge is 2.04. The van der Waals surface area contributed by atoms with Gasteiger partial charge in [-0.2, -0.15) is 0 Å². The molecule has 0 atom stereocenters. The Morgan fingerprint density at radius 2 is 1.74 bits per heavy atom. The van der Waals surface area contributed by atoms with Gasteiger partial charge in [0.15, 0.2) is 0 Å². The van der Waals surface area contributed by atoms with Crippen LogP contribution in [-0.4, -0.2) is 20.0 Å². The minimum absolute atomic E-state index is 0.284. The van der Waals surface area contributed by atoms with Gasteiger partial charge in [-0.3, -0.25) is 10.2 Å². The highest BCUT2D eigenvalue weighted by atomic mass is 16.2. The summed E-state index contributed by atoms with van der Waals surface area (Å²) < 4.78 is 0. The van der Waals surface area contributed by atoms with Crippen molar-refractivity contribution in [3.63, 3.8) is 0 Å². The molecule has 0 aromatic heterocycles. The maximum Gasteiger partial charge on any atom is 0.265 e. The Morgan fingerprint density at radius 1 is 1.05 bits per heavy atom. The topological polar surface area (TPSA) is 58.4 Å². The summed E-state index contributed by atoms with van der Waals surface area (Å²) in [6, 6.07) is 15.6. The number of nitrogens with zero attached hydrogens (tertiary/aromatic N) is 1. The van der Waals surface area contributed by atoms with Crippen molar-refractivity contribution in [1.82, 2.24) is 5.43 Å². The van der Waals surface area contributed by atoms with Crippen LogP contribution in [0.5, 0.6) is 0 Å². The van der Waals surface area contributed by atoms with E-state index >= 15 is 0 Å². The molecule has 4 heteroatoms. The quantitative estimate of drug-likeness (QED) is 0.501. The molecule has 0 unspecified atom stereocenters. The zero-order valence-corrected chi connectivity index (χ0v) is 11.1. The normalized spacial score (nSPS) is 10.1. The molecule has 2 aromatic rings. The Hall–Kier alpha value is -2.33. The lowest BCUT2D eigenvalue weighted by molar-refractivity contribution is 0.0953. The van der Waals surface area contributed by atoms with Gasteiger partial charge in [-0.05, 0) is 35.4 Å². The Labute approximate surface area is 112 Å². The second kappa shape index (κ2) is 5.54. The third-order valence-corrected chi connectivity index (χ3v) is 2.97. The van der Waals surface area contributed by atoms with E-state index in [2.05, 4.69) is 22.5 Å². The standard InChI is InChI=1S/C15H17N3O/c1-18(2)14-5-3-4-13(10-14)11-6-8-12(9-7-11)15(19)17-16/h3-10H,16H2,1-2H3,(H,17,19). The molecule has 0 aliphatic carbocycles. The van der Waals surface area contributed by atoms with Gasteiger partial charge in [-0.25, -0.2) is 5.84 Å². The molecule has 0 spiro atoms. The largest absolute Gasteiger partial charge is 0.378 e. The molecular formula is C15H17N3O. The van der Waals surface area contributed by atoms with Gasteiger partial charge >= 0.3 is 0 Å². The van der Waals surface area contributed by atoms with E-state index in [0.29, 0.717) is 5.56 Å². The zero-order chi connectivity index (χ0) is 13.8. The molecule has 3 N–H and O–H groups in total. The number of nitrogens with two attached hydrogens (primary N) is 1. The van der Waals surface area contributed by atoms with Crippen molar-refractivity contribution in [3.8, 4) is 11.1 Å². The summed E-state index contributed by atoms with van der Waals surface area (Å²) in [6.07, 6.45) is 0. The molecule has 0 saturated carbocycles. The number of benzene rings is 2. The molecule has 98 valence electrons. The maximum atomic E-state index is 11.4. The number of carbonyl (C=O) groups excluding carboxylic acids is 1. The van der Waals surface area contributed by atoms with Crippen LogP contribution >= 0.6 is 0 Å². The van der Waals surface area contributed by atoms with Crippen LogP contribution in [0.15, 0.2) is 48.5 Å². The van der Waals surface area contributed by atoms with Crippen molar-refractivity contribution in [3.05, 3.63) is 54.1 Å². The van der Waals surface area contributed by atoms with Crippen LogP contribution in [0.3, 0.4) is 0 Å². The lowest BCUT2D eigenvalue weighted by atomic mass is 10.0. The van der Waals surface area contributed by atoms with E-state index < -0.39 is 0 Å². The van der Waals surface area contributed by atoms with Crippen LogP contribution in [0, 0.1) is 0 Å². The van der Waals surface area contributed by atoms with Gasteiger partial charge in [0.05, 0.1) is 0 Å². The maximum absolute atomic E-state index is 11.4. The molecule has 0 aliphatic heterocycles. The van der Waals surface area contributed by atoms with Crippen molar-refractivity contribution < 1.29 is 4.79 Å². The number of nitrogen functional groups attached to an aromatic ring is 1. The number of nitrogens with one attached hydrogen (secondary N) is 1. The average Bonchev–Trinajstić information content (AvgIpc) is 2.46. The van der Waals surface area contributed by atoms with Gasteiger partial charge in [0.1, 0.15) is 0 Å². The smallest absolute Gasteiger partial charge is 0.265 e. The number of amides is 1. The summed E-state index contributed by atoms with van der Waals surface area (Å²) in [5, 5.41) is 0. The summed E-state index contributed by atoms with van der Waals surface area (Å²) in [4.78, 5) is 13.4. The van der Waals surface area contributed by atoms with Gasteiger partial charge in [-0.15, -0.1) is 0 Å². The van der Waals surface area contributed by atoms with Crippen LogP contribution in [0.1, 0.15) is 10.4 Å². The third-order valence-electron chi connectivity index (χ3n) is 2.97. The number of carbonyl (C=O) groups is 1. The van der Waals surface area contributed by atoms with E-state index in [-0.39, 0.29) is 5.91 Å². The predicted molar refractivity (Wildman–Crippen MR) is 77.9 cm³/mol. The average molecular weight is 255 g/mol. The molecule has 4 nitrogen and oxygen atoms in total. The summed E-state index contributed by atoms with van der Waals surface area (Å²) >= 11 is 0. The summed E-state index contributed by atoms with van der Waals surface area (Å²) in [7, 11) is 4.02. The summed E-state index contributed by atoms with van der Waals surface area (Å²) in [5.74, 6) is 4.82. The second-order valence-electron chi connectivity index (χ2n) is 4.50. The number of hydrogen-bond donors (Lipinski definition) is 2. The third kappa shape index (κ3) is 2.92. The first-order valence-corrected chi connectivity index (χ1v) is 6.00. The molecular weight excluding hydrogens is 238 g/mol. The molecule has 2 aromatic carbocycles. The van der Waals surface area contributed by atoms with Crippen LogP contribution in [0.2, 0.25) is 0 Å². The van der Waals surface area contributed by atoms with Gasteiger partial charge in [0, 0.05) is 25.3 Å². The molecule has 19 heavy (non-hydrogen) atoms. The van der Waals surface area contributed by atoms with Crippen LogP contribution in [-0.2, 0) is 0 Å². The van der Waals surface area contributed by atoms with E-state index in [9.17, 15) is 4.79 Å². The lowest BCUT2D eigenvalue weighted by Gasteiger charge is -2.13. The van der Waals surface area contributed by atoms with Crippen LogP contribution in [0.25, 0.3) is 11.1 Å². The Morgan fingerprint density at radius 3 is 2.32 bits per heavy atom. The molecule has 0 aliphatic rings. The number of anilines is 1. The van der Waals surface area contributed by atoms with Gasteiger partial charge < -0.3 is 4.90 Å². The highest BCUT2D eigenvalue weighted by Crippen LogP contribution is 2.24. The van der Waals surface area contributed by atoms with Crippen molar-refractivity contribution in [2.75, 3.05) is 19.0 Å². The molecule has 0 bridgehead atoms. The Kier molecular flexibility index (Phi) is 3.82. The van der Waals surface area contributed by atoms with E-state index in [4.69, 9.17) is 5.84 Å². The minimum atomic E-state index is -0.284. The summed E-state index contributed by atoms with van der Waals surface area (Å²) in [5.41, 5.74) is 5.99. The van der Waals surface area contributed by atoms with Crippen molar-refractivity contribution >= 4 is 11.6 Å². The first-order valence-electron chi connectivity index (χ1n) is 6.00. The van der Waals surface area contributed by atoms with E-state index in [1.54, 1.807) is 12.1 Å². The van der Waals surface area contributed by atoms with Crippen LogP contribution in [0.4, 0.5) is 5.69 Å². The lowest BCUT2D eigenvalue weighted by Crippen LogP contribution is -2.29. The van der Waals surface area contributed by atoms with Crippen LogP contribution < -0.4 is 16.2 Å². The van der Waals surface area contributed by atoms with E-state index in [1.807, 2.05) is 38.4 Å². The fourth-order valence-corrected chi connectivity index (χ4v) is 1.86. The molecule has 0 radical (unpaired) electrons. The van der Waals surface area contributed by atoms with Crippen molar-refractivity contribution in [2.45, 2.75) is 0 Å². The van der Waals surface area contributed by atoms with E-state index in [1.165, 1.54) is 0 Å².